The summed E-state index contributed by atoms with van der Waals surface area (Å²) in [7, 11) is 0. The van der Waals surface area contributed by atoms with Crippen molar-refractivity contribution in [1.29, 1.82) is 0 Å². The van der Waals surface area contributed by atoms with Crippen LogP contribution < -0.4 is 0 Å². The molecule has 1 rings (SSSR count). The summed E-state index contributed by atoms with van der Waals surface area (Å²) in [6, 6.07) is 7.76. The van der Waals surface area contributed by atoms with Crippen molar-refractivity contribution in [3.8, 4) is 0 Å². The fraction of sp³-hybridized carbons (Fsp3) is 0.533. The van der Waals surface area contributed by atoms with Gasteiger partial charge in [-0.1, -0.05) is 38.5 Å². The van der Waals surface area contributed by atoms with E-state index in [-0.39, 0.29) is 5.91 Å². The van der Waals surface area contributed by atoms with Gasteiger partial charge in [-0.15, -0.1) is 0 Å². The molecule has 0 aliphatic carbocycles. The molecule has 0 radical (unpaired) electrons. The standard InChI is InChI=1S/C13H19NO.C2H6/c1-4-10-14(5-2)13(15)12-8-6-11(3)7-9-12;1-2/h6-9H,4-5,10H2,1-3H3;1-2H3. The smallest absolute Gasteiger partial charge is 0.253 e. The summed E-state index contributed by atoms with van der Waals surface area (Å²) >= 11 is 0. The van der Waals surface area contributed by atoms with Gasteiger partial charge in [0.1, 0.15) is 0 Å². The summed E-state index contributed by atoms with van der Waals surface area (Å²) in [4.78, 5) is 13.9. The van der Waals surface area contributed by atoms with Gasteiger partial charge in [0.25, 0.3) is 5.91 Å². The van der Waals surface area contributed by atoms with Crippen molar-refractivity contribution in [2.24, 2.45) is 0 Å². The van der Waals surface area contributed by atoms with Gasteiger partial charge in [-0.2, -0.15) is 0 Å². The zero-order chi connectivity index (χ0) is 13.3. The van der Waals surface area contributed by atoms with Crippen LogP contribution in [0.3, 0.4) is 0 Å². The van der Waals surface area contributed by atoms with Crippen molar-refractivity contribution < 1.29 is 4.79 Å². The lowest BCUT2D eigenvalue weighted by Gasteiger charge is -2.20. The summed E-state index contributed by atoms with van der Waals surface area (Å²) in [5, 5.41) is 0. The van der Waals surface area contributed by atoms with Gasteiger partial charge in [-0.25, -0.2) is 0 Å². The zero-order valence-electron chi connectivity index (χ0n) is 11.8. The van der Waals surface area contributed by atoms with Gasteiger partial charge in [-0.05, 0) is 32.4 Å². The van der Waals surface area contributed by atoms with E-state index >= 15 is 0 Å². The highest BCUT2D eigenvalue weighted by Crippen LogP contribution is 2.07. The van der Waals surface area contributed by atoms with E-state index in [0.717, 1.165) is 25.1 Å². The molecule has 0 saturated carbocycles. The second-order valence-corrected chi connectivity index (χ2v) is 3.75. The summed E-state index contributed by atoms with van der Waals surface area (Å²) in [5.74, 6) is 0.138. The van der Waals surface area contributed by atoms with Crippen molar-refractivity contribution in [2.75, 3.05) is 13.1 Å². The number of hydrogen-bond donors (Lipinski definition) is 0. The summed E-state index contributed by atoms with van der Waals surface area (Å²) in [5.41, 5.74) is 1.97. The van der Waals surface area contributed by atoms with Gasteiger partial charge < -0.3 is 4.90 Å². The van der Waals surface area contributed by atoms with Crippen LogP contribution >= 0.6 is 0 Å². The van der Waals surface area contributed by atoms with Crippen LogP contribution in [0.1, 0.15) is 50.0 Å². The Labute approximate surface area is 106 Å². The maximum Gasteiger partial charge on any atom is 0.253 e. The first-order chi connectivity index (χ1) is 8.19. The molecule has 0 aliphatic heterocycles. The molecule has 1 amide bonds. The first-order valence-corrected chi connectivity index (χ1v) is 6.55. The SMILES string of the molecule is CC.CCCN(CC)C(=O)c1ccc(C)cc1. The first kappa shape index (κ1) is 15.7. The molecule has 2 nitrogen and oxygen atoms in total. The van der Waals surface area contributed by atoms with Crippen LogP contribution in [0.4, 0.5) is 0 Å². The van der Waals surface area contributed by atoms with Crippen LogP contribution in [0.25, 0.3) is 0 Å². The summed E-state index contributed by atoms with van der Waals surface area (Å²) in [6.07, 6.45) is 1.01. The molecule has 2 heteroatoms. The molecule has 0 aromatic heterocycles. The highest BCUT2D eigenvalue weighted by Gasteiger charge is 2.12. The largest absolute Gasteiger partial charge is 0.339 e. The Balaban J connectivity index is 0.00000121. The van der Waals surface area contributed by atoms with Crippen molar-refractivity contribution in [1.82, 2.24) is 4.90 Å². The van der Waals surface area contributed by atoms with Gasteiger partial charge in [-0.3, -0.25) is 4.79 Å². The number of amides is 1. The van der Waals surface area contributed by atoms with Gasteiger partial charge in [0.15, 0.2) is 0 Å². The lowest BCUT2D eigenvalue weighted by Crippen LogP contribution is -2.31. The van der Waals surface area contributed by atoms with E-state index < -0.39 is 0 Å². The average Bonchev–Trinajstić information content (AvgIpc) is 2.38. The van der Waals surface area contributed by atoms with Crippen LogP contribution in [-0.4, -0.2) is 23.9 Å². The molecule has 0 saturated heterocycles. The molecule has 1 aromatic carbocycles. The molecule has 0 aliphatic rings. The summed E-state index contributed by atoms with van der Waals surface area (Å²) < 4.78 is 0. The zero-order valence-corrected chi connectivity index (χ0v) is 11.8. The number of benzene rings is 1. The van der Waals surface area contributed by atoms with Crippen molar-refractivity contribution in [2.45, 2.75) is 41.0 Å². The number of rotatable bonds is 4. The lowest BCUT2D eigenvalue weighted by molar-refractivity contribution is 0.0764. The molecular formula is C15H25NO. The topological polar surface area (TPSA) is 20.3 Å². The number of nitrogens with zero attached hydrogens (tertiary/aromatic N) is 1. The van der Waals surface area contributed by atoms with Gasteiger partial charge in [0, 0.05) is 18.7 Å². The molecule has 1 aromatic rings. The molecule has 0 spiro atoms. The lowest BCUT2D eigenvalue weighted by atomic mass is 10.1. The molecule has 0 heterocycles. The average molecular weight is 235 g/mol. The van der Waals surface area contributed by atoms with Gasteiger partial charge >= 0.3 is 0 Å². The summed E-state index contributed by atoms with van der Waals surface area (Å²) in [6.45, 7) is 11.7. The van der Waals surface area contributed by atoms with Crippen molar-refractivity contribution in [3.63, 3.8) is 0 Å². The minimum atomic E-state index is 0.138. The van der Waals surface area contributed by atoms with E-state index in [4.69, 9.17) is 0 Å². The van der Waals surface area contributed by atoms with Gasteiger partial charge in [0.2, 0.25) is 0 Å². The Morgan fingerprint density at radius 3 is 2.06 bits per heavy atom. The Morgan fingerprint density at radius 2 is 1.65 bits per heavy atom. The van der Waals surface area contributed by atoms with Gasteiger partial charge in [0.05, 0.1) is 0 Å². The third-order valence-electron chi connectivity index (χ3n) is 2.46. The predicted octanol–water partition coefficient (Wildman–Crippen LogP) is 3.89. The highest BCUT2D eigenvalue weighted by atomic mass is 16.2. The molecule has 17 heavy (non-hydrogen) atoms. The molecule has 0 fully saturated rings. The maximum absolute atomic E-state index is 12.0. The number of aryl methyl sites for hydroxylation is 1. The number of carbonyl (C=O) groups is 1. The molecule has 0 atom stereocenters. The normalized spacial score (nSPS) is 9.24. The Hall–Kier alpha value is -1.31. The van der Waals surface area contributed by atoms with E-state index in [2.05, 4.69) is 6.92 Å². The minimum Gasteiger partial charge on any atom is -0.339 e. The van der Waals surface area contributed by atoms with Crippen molar-refractivity contribution >= 4 is 5.91 Å². The quantitative estimate of drug-likeness (QED) is 0.775. The third-order valence-corrected chi connectivity index (χ3v) is 2.46. The fourth-order valence-electron chi connectivity index (χ4n) is 1.55. The molecule has 96 valence electrons. The monoisotopic (exact) mass is 235 g/mol. The predicted molar refractivity (Wildman–Crippen MR) is 74.4 cm³/mol. The molecule has 0 bridgehead atoms. The van der Waals surface area contributed by atoms with Crippen molar-refractivity contribution in [3.05, 3.63) is 35.4 Å². The van der Waals surface area contributed by atoms with Crippen LogP contribution in [0.2, 0.25) is 0 Å². The second-order valence-electron chi connectivity index (χ2n) is 3.75. The fourth-order valence-corrected chi connectivity index (χ4v) is 1.55. The Kier molecular flexibility index (Phi) is 8.12. The van der Waals surface area contributed by atoms with Crippen LogP contribution in [0.15, 0.2) is 24.3 Å². The third kappa shape index (κ3) is 5.03. The Bertz CT molecular complexity index is 316. The van der Waals surface area contributed by atoms with Crippen LogP contribution in [-0.2, 0) is 0 Å². The van der Waals surface area contributed by atoms with E-state index in [0.29, 0.717) is 0 Å². The van der Waals surface area contributed by atoms with E-state index in [1.165, 1.54) is 5.56 Å². The molecule has 0 N–H and O–H groups in total. The van der Waals surface area contributed by atoms with E-state index in [1.54, 1.807) is 0 Å². The van der Waals surface area contributed by atoms with Crippen LogP contribution in [0, 0.1) is 6.92 Å². The first-order valence-electron chi connectivity index (χ1n) is 6.55. The molecular weight excluding hydrogens is 210 g/mol. The highest BCUT2D eigenvalue weighted by molar-refractivity contribution is 5.94. The second kappa shape index (κ2) is 8.80. The number of carbonyl (C=O) groups excluding carboxylic acids is 1. The van der Waals surface area contributed by atoms with Crippen LogP contribution in [0.5, 0.6) is 0 Å². The van der Waals surface area contributed by atoms with E-state index in [9.17, 15) is 4.79 Å². The number of hydrogen-bond acceptors (Lipinski definition) is 1. The maximum atomic E-state index is 12.0. The Morgan fingerprint density at radius 1 is 1.12 bits per heavy atom. The molecule has 0 unspecified atom stereocenters. The van der Waals surface area contributed by atoms with E-state index in [1.807, 2.05) is 56.9 Å². The minimum absolute atomic E-state index is 0.138.